The molecule has 1 fully saturated rings. The van der Waals surface area contributed by atoms with Gasteiger partial charge in [-0.15, -0.1) is 0 Å². The number of hydrogen-bond acceptors (Lipinski definition) is 4. The van der Waals surface area contributed by atoms with Crippen LogP contribution in [-0.2, 0) is 20.9 Å². The van der Waals surface area contributed by atoms with Crippen LogP contribution >= 0.6 is 23.2 Å². The highest BCUT2D eigenvalue weighted by atomic mass is 35.5. The van der Waals surface area contributed by atoms with Crippen LogP contribution in [0, 0.1) is 0 Å². The van der Waals surface area contributed by atoms with Gasteiger partial charge in [-0.3, -0.25) is 9.69 Å². The molecule has 1 amide bonds. The first kappa shape index (κ1) is 15.1. The number of carbonyl (C=O) groups is 2. The van der Waals surface area contributed by atoms with Crippen LogP contribution in [0.1, 0.15) is 12.0 Å². The molecule has 108 valence electrons. The molecule has 7 heteroatoms. The van der Waals surface area contributed by atoms with E-state index in [1.54, 1.807) is 24.3 Å². The number of carbonyl (C=O) groups excluding carboxylic acids is 2. The second-order valence-corrected chi connectivity index (χ2v) is 6.05. The summed E-state index contributed by atoms with van der Waals surface area (Å²) in [6, 6.07) is 8.89. The van der Waals surface area contributed by atoms with E-state index in [0.717, 1.165) is 17.6 Å². The van der Waals surface area contributed by atoms with Crippen LogP contribution in [0.3, 0.4) is 0 Å². The van der Waals surface area contributed by atoms with E-state index in [1.165, 1.54) is 0 Å². The van der Waals surface area contributed by atoms with E-state index in [-0.39, 0.29) is 6.54 Å². The molecule has 5 nitrogen and oxygen atoms in total. The maximum absolute atomic E-state index is 12.2. The second-order valence-electron chi connectivity index (χ2n) is 4.57. The van der Waals surface area contributed by atoms with Crippen molar-refractivity contribution in [1.29, 1.82) is 0 Å². The molecule has 2 rings (SSSR count). The zero-order valence-corrected chi connectivity index (χ0v) is 12.2. The van der Waals surface area contributed by atoms with E-state index in [0.29, 0.717) is 0 Å². The Morgan fingerprint density at radius 3 is 2.55 bits per heavy atom. The Morgan fingerprint density at radius 2 is 2.00 bits per heavy atom. The van der Waals surface area contributed by atoms with Gasteiger partial charge in [0.1, 0.15) is 0 Å². The maximum atomic E-state index is 12.2. The molecule has 0 radical (unpaired) electrons. The molecule has 1 unspecified atom stereocenters. The van der Waals surface area contributed by atoms with Gasteiger partial charge in [0, 0.05) is 13.0 Å². The van der Waals surface area contributed by atoms with Gasteiger partial charge in [-0.1, -0.05) is 53.5 Å². The molecule has 0 saturated carbocycles. The number of rotatable bonds is 3. The minimum Gasteiger partial charge on any atom is -0.465 e. The molecule has 1 aliphatic rings. The van der Waals surface area contributed by atoms with Gasteiger partial charge in [0.15, 0.2) is 0 Å². The second kappa shape index (κ2) is 5.24. The lowest BCUT2D eigenvalue weighted by atomic mass is 10.1. The molecular formula is C13H13Cl2NO4. The first-order valence-corrected chi connectivity index (χ1v) is 6.61. The minimum absolute atomic E-state index is 0.00641. The summed E-state index contributed by atoms with van der Waals surface area (Å²) in [6.07, 6.45) is -0.443. The molecule has 1 aromatic rings. The third-order valence-corrected chi connectivity index (χ3v) is 3.76. The summed E-state index contributed by atoms with van der Waals surface area (Å²) in [5.74, 6) is -1.69. The maximum Gasteiger partial charge on any atom is 0.359 e. The quantitative estimate of drug-likeness (QED) is 0.677. The Labute approximate surface area is 126 Å². The summed E-state index contributed by atoms with van der Waals surface area (Å²) in [6.45, 7) is 0.00641. The van der Waals surface area contributed by atoms with Crippen molar-refractivity contribution in [2.24, 2.45) is 0 Å². The van der Waals surface area contributed by atoms with Crippen LogP contribution in [0.4, 0.5) is 0 Å². The van der Waals surface area contributed by atoms with Gasteiger partial charge in [0.2, 0.25) is 10.1 Å². The monoisotopic (exact) mass is 317 g/mol. The van der Waals surface area contributed by atoms with E-state index >= 15 is 0 Å². The molecule has 1 aromatic carbocycles. The molecule has 1 aliphatic heterocycles. The van der Waals surface area contributed by atoms with Gasteiger partial charge in [-0.05, 0) is 5.56 Å². The van der Waals surface area contributed by atoms with Crippen LogP contribution in [0.5, 0.6) is 0 Å². The Kier molecular flexibility index (Phi) is 3.95. The van der Waals surface area contributed by atoms with Crippen molar-refractivity contribution in [3.63, 3.8) is 0 Å². The number of nitrogens with zero attached hydrogens (tertiary/aromatic N) is 1. The molecule has 0 spiro atoms. The number of hydrogen-bond donors (Lipinski definition) is 1. The number of likely N-dealkylation sites (tertiary alicyclic amines) is 1. The zero-order valence-electron chi connectivity index (χ0n) is 10.7. The molecular weight excluding hydrogens is 305 g/mol. The summed E-state index contributed by atoms with van der Waals surface area (Å²) < 4.78 is 2.70. The van der Waals surface area contributed by atoms with E-state index in [9.17, 15) is 14.7 Å². The minimum atomic E-state index is -2.16. The Hall–Kier alpha value is -1.30. The lowest BCUT2D eigenvalue weighted by Crippen LogP contribution is -2.52. The fraction of sp³-hybridized carbons (Fsp3) is 0.385. The Balaban J connectivity index is 2.36. The van der Waals surface area contributed by atoms with Crippen molar-refractivity contribution in [2.75, 3.05) is 7.11 Å². The number of ether oxygens (including phenoxy) is 1. The summed E-state index contributed by atoms with van der Waals surface area (Å²) in [5.41, 5.74) is -1.43. The molecule has 0 aliphatic carbocycles. The number of alkyl halides is 2. The van der Waals surface area contributed by atoms with Gasteiger partial charge < -0.3 is 9.84 Å². The van der Waals surface area contributed by atoms with Crippen LogP contribution in [-0.4, -0.2) is 39.1 Å². The summed E-state index contributed by atoms with van der Waals surface area (Å²) >= 11 is 11.7. The molecule has 0 bridgehead atoms. The third kappa shape index (κ3) is 2.49. The lowest BCUT2D eigenvalue weighted by molar-refractivity contribution is -0.184. The molecule has 1 heterocycles. The van der Waals surface area contributed by atoms with Gasteiger partial charge in [0.25, 0.3) is 5.91 Å². The molecule has 1 N–H and O–H groups in total. The number of methoxy groups -OCH3 is 1. The SMILES string of the molecule is COC(=O)C1(O)CC(Cl)(Cl)C(=O)N1Cc1ccccc1. The normalized spacial score (nSPS) is 24.8. The van der Waals surface area contributed by atoms with Gasteiger partial charge in [-0.2, -0.15) is 0 Å². The van der Waals surface area contributed by atoms with Crippen molar-refractivity contribution in [1.82, 2.24) is 4.90 Å². The fourth-order valence-corrected chi connectivity index (χ4v) is 2.74. The smallest absolute Gasteiger partial charge is 0.359 e. The van der Waals surface area contributed by atoms with Crippen LogP contribution < -0.4 is 0 Å². The first-order chi connectivity index (χ1) is 9.31. The van der Waals surface area contributed by atoms with Crippen LogP contribution in [0.15, 0.2) is 30.3 Å². The highest BCUT2D eigenvalue weighted by molar-refractivity contribution is 6.58. The van der Waals surface area contributed by atoms with Crippen molar-refractivity contribution in [2.45, 2.75) is 23.0 Å². The highest BCUT2D eigenvalue weighted by Crippen LogP contribution is 2.44. The predicted molar refractivity (Wildman–Crippen MR) is 73.0 cm³/mol. The molecule has 20 heavy (non-hydrogen) atoms. The number of amides is 1. The zero-order chi connectivity index (χ0) is 15.0. The number of benzene rings is 1. The topological polar surface area (TPSA) is 66.8 Å². The van der Waals surface area contributed by atoms with E-state index in [2.05, 4.69) is 4.74 Å². The number of halogens is 2. The number of aliphatic hydroxyl groups is 1. The molecule has 1 atom stereocenters. The standard InChI is InChI=1S/C13H13Cl2NO4/c1-20-11(18)13(19)8-12(14,15)10(17)16(13)7-9-5-3-2-4-6-9/h2-6,19H,7-8H2,1H3. The Bertz CT molecular complexity index is 534. The number of esters is 1. The van der Waals surface area contributed by atoms with Gasteiger partial charge in [0.05, 0.1) is 7.11 Å². The fourth-order valence-electron chi connectivity index (χ4n) is 2.16. The molecule has 1 saturated heterocycles. The largest absolute Gasteiger partial charge is 0.465 e. The van der Waals surface area contributed by atoms with Crippen molar-refractivity contribution in [3.05, 3.63) is 35.9 Å². The van der Waals surface area contributed by atoms with E-state index < -0.39 is 28.4 Å². The third-order valence-electron chi connectivity index (χ3n) is 3.17. The summed E-state index contributed by atoms with van der Waals surface area (Å²) in [5, 5.41) is 10.4. The van der Waals surface area contributed by atoms with Gasteiger partial charge >= 0.3 is 5.97 Å². The average molecular weight is 318 g/mol. The van der Waals surface area contributed by atoms with E-state index in [4.69, 9.17) is 23.2 Å². The van der Waals surface area contributed by atoms with Crippen LogP contribution in [0.25, 0.3) is 0 Å². The average Bonchev–Trinajstić information content (AvgIpc) is 2.59. The first-order valence-electron chi connectivity index (χ1n) is 5.86. The van der Waals surface area contributed by atoms with Crippen molar-refractivity contribution >= 4 is 35.1 Å². The van der Waals surface area contributed by atoms with Crippen LogP contribution in [0.2, 0.25) is 0 Å². The molecule has 0 aromatic heterocycles. The summed E-state index contributed by atoms with van der Waals surface area (Å²) in [7, 11) is 1.12. The highest BCUT2D eigenvalue weighted by Gasteiger charge is 2.62. The Morgan fingerprint density at radius 1 is 1.40 bits per heavy atom. The van der Waals surface area contributed by atoms with Crippen molar-refractivity contribution in [3.8, 4) is 0 Å². The van der Waals surface area contributed by atoms with Gasteiger partial charge in [-0.25, -0.2) is 4.79 Å². The van der Waals surface area contributed by atoms with E-state index in [1.807, 2.05) is 6.07 Å². The van der Waals surface area contributed by atoms with Crippen molar-refractivity contribution < 1.29 is 19.4 Å². The lowest BCUT2D eigenvalue weighted by Gasteiger charge is -2.30. The summed E-state index contributed by atoms with van der Waals surface area (Å²) in [4.78, 5) is 24.9. The predicted octanol–water partition coefficient (Wildman–Crippen LogP) is 1.45.